The van der Waals surface area contributed by atoms with Crippen LogP contribution in [-0.2, 0) is 29.6 Å². The van der Waals surface area contributed by atoms with Crippen LogP contribution in [-0.4, -0.2) is 63.5 Å². The van der Waals surface area contributed by atoms with Crippen molar-refractivity contribution in [2.24, 2.45) is 13.0 Å². The van der Waals surface area contributed by atoms with Gasteiger partial charge >= 0.3 is 0 Å². The Hall–Kier alpha value is -2.38. The van der Waals surface area contributed by atoms with Crippen LogP contribution in [0.25, 0.3) is 0 Å². The molecule has 2 aliphatic rings. The summed E-state index contributed by atoms with van der Waals surface area (Å²) in [5.74, 6) is 0.385. The molecule has 8 heteroatoms. The molecule has 0 unspecified atom stereocenters. The Balaban J connectivity index is 1.57. The Morgan fingerprint density at radius 3 is 2.48 bits per heavy atom. The zero-order valence-electron chi connectivity index (χ0n) is 17.9. The molecule has 0 atom stereocenters. The van der Waals surface area contributed by atoms with Crippen molar-refractivity contribution in [3.8, 4) is 0 Å². The quantitative estimate of drug-likeness (QED) is 0.747. The fourth-order valence-corrected chi connectivity index (χ4v) is 4.01. The fraction of sp³-hybridized carbons (Fsp3) is 0.714. The number of nitrogens with one attached hydrogen (secondary N) is 1. The van der Waals surface area contributed by atoms with Crippen LogP contribution in [0.2, 0.25) is 0 Å². The Bertz CT molecular complexity index is 765. The number of carbonyl (C=O) groups is 3. The molecule has 3 heterocycles. The topological polar surface area (TPSA) is 87.5 Å². The van der Waals surface area contributed by atoms with Crippen LogP contribution in [0, 0.1) is 5.92 Å². The van der Waals surface area contributed by atoms with Crippen LogP contribution in [0.4, 0.5) is 0 Å². The molecule has 8 nitrogen and oxygen atoms in total. The van der Waals surface area contributed by atoms with Gasteiger partial charge in [0, 0.05) is 70.3 Å². The molecule has 0 saturated carbocycles. The van der Waals surface area contributed by atoms with Gasteiger partial charge in [0.15, 0.2) is 5.69 Å². The minimum Gasteiger partial charge on any atom is -0.356 e. The van der Waals surface area contributed by atoms with Crippen LogP contribution < -0.4 is 5.32 Å². The van der Waals surface area contributed by atoms with Crippen LogP contribution >= 0.6 is 0 Å². The van der Waals surface area contributed by atoms with Gasteiger partial charge in [0.2, 0.25) is 11.8 Å². The number of hydrogen-bond acceptors (Lipinski definition) is 4. The minimum atomic E-state index is -0.0806. The molecular formula is C21H33N5O3. The summed E-state index contributed by atoms with van der Waals surface area (Å²) in [6.07, 6.45) is 4.07. The highest BCUT2D eigenvalue weighted by Gasteiger charge is 2.31. The van der Waals surface area contributed by atoms with E-state index in [4.69, 9.17) is 0 Å². The van der Waals surface area contributed by atoms with Crippen molar-refractivity contribution in [3.05, 3.63) is 17.0 Å². The first-order valence-corrected chi connectivity index (χ1v) is 10.7. The fourth-order valence-electron chi connectivity index (χ4n) is 4.01. The van der Waals surface area contributed by atoms with Crippen molar-refractivity contribution in [2.45, 2.75) is 58.9 Å². The predicted molar refractivity (Wildman–Crippen MR) is 109 cm³/mol. The van der Waals surface area contributed by atoms with E-state index in [1.807, 2.05) is 11.9 Å². The summed E-state index contributed by atoms with van der Waals surface area (Å²) in [7, 11) is 1.86. The molecule has 0 bridgehead atoms. The van der Waals surface area contributed by atoms with E-state index in [-0.39, 0.29) is 30.6 Å². The second kappa shape index (κ2) is 9.41. The molecule has 1 N–H and O–H groups in total. The number of likely N-dealkylation sites (tertiary alicyclic amines) is 1. The van der Waals surface area contributed by atoms with E-state index >= 15 is 0 Å². The van der Waals surface area contributed by atoms with Crippen molar-refractivity contribution in [3.63, 3.8) is 0 Å². The predicted octanol–water partition coefficient (Wildman–Crippen LogP) is 1.48. The zero-order chi connectivity index (χ0) is 21.0. The molecule has 0 aromatic carbocycles. The number of nitrogens with zero attached hydrogens (tertiary/aromatic N) is 4. The molecule has 3 amide bonds. The first-order valence-electron chi connectivity index (χ1n) is 10.7. The third-order valence-electron chi connectivity index (χ3n) is 5.80. The summed E-state index contributed by atoms with van der Waals surface area (Å²) in [6, 6.07) is 0. The van der Waals surface area contributed by atoms with E-state index in [0.29, 0.717) is 37.7 Å². The van der Waals surface area contributed by atoms with Crippen LogP contribution in [0.1, 0.15) is 67.7 Å². The molecule has 1 aromatic rings. The van der Waals surface area contributed by atoms with E-state index in [2.05, 4.69) is 24.3 Å². The number of aromatic nitrogens is 2. The normalized spacial score (nSPS) is 16.3. The molecule has 0 spiro atoms. The van der Waals surface area contributed by atoms with Gasteiger partial charge in [0.1, 0.15) is 0 Å². The van der Waals surface area contributed by atoms with Gasteiger partial charge in [0.05, 0.1) is 0 Å². The third-order valence-corrected chi connectivity index (χ3v) is 5.80. The Kier molecular flexibility index (Phi) is 6.92. The van der Waals surface area contributed by atoms with E-state index in [9.17, 15) is 14.4 Å². The molecule has 0 aliphatic carbocycles. The second-order valence-corrected chi connectivity index (χ2v) is 8.49. The number of rotatable bonds is 7. The summed E-state index contributed by atoms with van der Waals surface area (Å²) in [6.45, 7) is 7.42. The van der Waals surface area contributed by atoms with Crippen molar-refractivity contribution in [1.29, 1.82) is 0 Å². The summed E-state index contributed by atoms with van der Waals surface area (Å²) in [4.78, 5) is 41.1. The molecule has 0 radical (unpaired) electrons. The van der Waals surface area contributed by atoms with Crippen LogP contribution in [0.5, 0.6) is 0 Å². The number of hydrogen-bond donors (Lipinski definition) is 1. The van der Waals surface area contributed by atoms with Gasteiger partial charge in [0.25, 0.3) is 5.91 Å². The summed E-state index contributed by atoms with van der Waals surface area (Å²) >= 11 is 0. The van der Waals surface area contributed by atoms with Gasteiger partial charge in [-0.2, -0.15) is 5.10 Å². The summed E-state index contributed by atoms with van der Waals surface area (Å²) in [5, 5.41) is 7.35. The van der Waals surface area contributed by atoms with Gasteiger partial charge in [-0.15, -0.1) is 0 Å². The van der Waals surface area contributed by atoms with Gasteiger partial charge in [-0.25, -0.2) is 0 Å². The highest BCUT2D eigenvalue weighted by atomic mass is 16.2. The average molecular weight is 404 g/mol. The molecule has 1 fully saturated rings. The zero-order valence-corrected chi connectivity index (χ0v) is 17.9. The minimum absolute atomic E-state index is 0.0295. The van der Waals surface area contributed by atoms with Crippen molar-refractivity contribution < 1.29 is 14.4 Å². The lowest BCUT2D eigenvalue weighted by Gasteiger charge is -2.28. The van der Waals surface area contributed by atoms with Crippen molar-refractivity contribution >= 4 is 17.7 Å². The SMILES string of the molecule is CC(C)CCNC(=O)CCC(=O)N1CCc2c(c(C(=O)N3CCCC3)nn2C)C1. The van der Waals surface area contributed by atoms with Crippen molar-refractivity contribution in [2.75, 3.05) is 26.2 Å². The highest BCUT2D eigenvalue weighted by molar-refractivity contribution is 5.94. The average Bonchev–Trinajstić information content (AvgIpc) is 3.33. The van der Waals surface area contributed by atoms with Gasteiger partial charge in [-0.05, 0) is 25.2 Å². The van der Waals surface area contributed by atoms with E-state index in [0.717, 1.165) is 43.6 Å². The van der Waals surface area contributed by atoms with Gasteiger partial charge < -0.3 is 15.1 Å². The lowest BCUT2D eigenvalue weighted by atomic mass is 10.0. The standard InChI is InChI=1S/C21H33N5O3/c1-15(2)8-10-22-18(27)6-7-19(28)26-13-9-17-16(14-26)20(23-24(17)3)21(29)25-11-4-5-12-25/h15H,4-14H2,1-3H3,(H,22,27). The van der Waals surface area contributed by atoms with E-state index in [1.54, 1.807) is 9.58 Å². The lowest BCUT2D eigenvalue weighted by Crippen LogP contribution is -2.38. The molecule has 1 aromatic heterocycles. The summed E-state index contributed by atoms with van der Waals surface area (Å²) in [5.41, 5.74) is 2.38. The maximum atomic E-state index is 12.9. The monoisotopic (exact) mass is 403 g/mol. The van der Waals surface area contributed by atoms with Gasteiger partial charge in [-0.1, -0.05) is 13.8 Å². The first-order chi connectivity index (χ1) is 13.9. The third kappa shape index (κ3) is 5.16. The maximum Gasteiger partial charge on any atom is 0.274 e. The number of aryl methyl sites for hydroxylation is 1. The molecular weight excluding hydrogens is 370 g/mol. The molecule has 3 rings (SSSR count). The van der Waals surface area contributed by atoms with Crippen LogP contribution in [0.3, 0.4) is 0 Å². The molecule has 160 valence electrons. The van der Waals surface area contributed by atoms with Crippen LogP contribution in [0.15, 0.2) is 0 Å². The Labute approximate surface area is 172 Å². The lowest BCUT2D eigenvalue weighted by molar-refractivity contribution is -0.134. The first kappa shape index (κ1) is 21.3. The number of carbonyl (C=O) groups excluding carboxylic acids is 3. The maximum absolute atomic E-state index is 12.9. The Morgan fingerprint density at radius 1 is 1.07 bits per heavy atom. The smallest absolute Gasteiger partial charge is 0.274 e. The number of amides is 3. The van der Waals surface area contributed by atoms with E-state index < -0.39 is 0 Å². The van der Waals surface area contributed by atoms with Gasteiger partial charge in [-0.3, -0.25) is 19.1 Å². The Morgan fingerprint density at radius 2 is 1.79 bits per heavy atom. The molecule has 1 saturated heterocycles. The second-order valence-electron chi connectivity index (χ2n) is 8.49. The summed E-state index contributed by atoms with van der Waals surface area (Å²) < 4.78 is 1.78. The highest BCUT2D eigenvalue weighted by Crippen LogP contribution is 2.25. The molecule has 29 heavy (non-hydrogen) atoms. The molecule has 2 aliphatic heterocycles. The largest absolute Gasteiger partial charge is 0.356 e. The number of fused-ring (bicyclic) bond motifs is 1. The van der Waals surface area contributed by atoms with Crippen molar-refractivity contribution in [1.82, 2.24) is 24.9 Å². The van der Waals surface area contributed by atoms with E-state index in [1.165, 1.54) is 0 Å².